The molecule has 2 aliphatic heterocycles. The first kappa shape index (κ1) is 20.6. The Hall–Kier alpha value is -1.98. The van der Waals surface area contributed by atoms with E-state index in [1.807, 2.05) is 12.1 Å². The van der Waals surface area contributed by atoms with Gasteiger partial charge in [0.2, 0.25) is 5.91 Å². The van der Waals surface area contributed by atoms with Gasteiger partial charge in [0.15, 0.2) is 0 Å². The van der Waals surface area contributed by atoms with Crippen molar-refractivity contribution in [2.24, 2.45) is 17.3 Å². The second-order valence-corrected chi connectivity index (χ2v) is 11.3. The number of ether oxygens (including phenoxy) is 1. The summed E-state index contributed by atoms with van der Waals surface area (Å²) >= 11 is 0. The van der Waals surface area contributed by atoms with Crippen LogP contribution < -0.4 is 5.32 Å². The van der Waals surface area contributed by atoms with Crippen molar-refractivity contribution in [2.75, 3.05) is 19.4 Å². The van der Waals surface area contributed by atoms with E-state index in [2.05, 4.69) is 48.4 Å². The Morgan fingerprint density at radius 2 is 2.12 bits per heavy atom. The van der Waals surface area contributed by atoms with Gasteiger partial charge in [0.25, 0.3) is 0 Å². The molecule has 1 unspecified atom stereocenters. The number of rotatable bonds is 3. The summed E-state index contributed by atoms with van der Waals surface area (Å²) in [6, 6.07) is 4.37. The maximum atomic E-state index is 13.4. The van der Waals surface area contributed by atoms with Gasteiger partial charge in [-0.2, -0.15) is 0 Å². The number of carbonyl (C=O) groups is 1. The highest BCUT2D eigenvalue weighted by Crippen LogP contribution is 2.67. The maximum absolute atomic E-state index is 13.4. The zero-order valence-corrected chi connectivity index (χ0v) is 19.6. The third-order valence-corrected chi connectivity index (χ3v) is 9.63. The summed E-state index contributed by atoms with van der Waals surface area (Å²) in [5.41, 5.74) is 3.38. The Kier molecular flexibility index (Phi) is 4.51. The van der Waals surface area contributed by atoms with Crippen molar-refractivity contribution in [1.29, 1.82) is 0 Å². The van der Waals surface area contributed by atoms with Crippen LogP contribution in [0, 0.1) is 17.3 Å². The number of amides is 1. The highest BCUT2D eigenvalue weighted by atomic mass is 16.5. The van der Waals surface area contributed by atoms with Crippen LogP contribution in [0.1, 0.15) is 58.3 Å². The number of carbonyl (C=O) groups excluding carboxylic acids is 1. The third-order valence-electron chi connectivity index (χ3n) is 9.63. The van der Waals surface area contributed by atoms with E-state index in [-0.39, 0.29) is 28.4 Å². The van der Waals surface area contributed by atoms with Gasteiger partial charge in [-0.05, 0) is 100 Å². The van der Waals surface area contributed by atoms with Crippen molar-refractivity contribution < 1.29 is 9.53 Å². The van der Waals surface area contributed by atoms with Crippen molar-refractivity contribution >= 4 is 11.6 Å². The van der Waals surface area contributed by atoms with Crippen molar-refractivity contribution in [1.82, 2.24) is 9.88 Å². The molecule has 5 aliphatic rings. The van der Waals surface area contributed by atoms with Gasteiger partial charge in [0.1, 0.15) is 0 Å². The minimum atomic E-state index is -0.200. The number of hydrogen-bond donors (Lipinski definition) is 1. The first-order valence-electron chi connectivity index (χ1n) is 12.4. The van der Waals surface area contributed by atoms with E-state index >= 15 is 0 Å². The number of allylic oxidation sites excluding steroid dienone is 1. The predicted octanol–water partition coefficient (Wildman–Crippen LogP) is 4.72. The summed E-state index contributed by atoms with van der Waals surface area (Å²) in [7, 11) is 4.41. The number of hydrogen-bond acceptors (Lipinski definition) is 4. The molecule has 1 N–H and O–H groups in total. The molecule has 6 rings (SSSR count). The Labute approximate surface area is 191 Å². The highest BCUT2D eigenvalue weighted by molar-refractivity contribution is 5.93. The molecule has 2 spiro atoms. The van der Waals surface area contributed by atoms with Crippen molar-refractivity contribution in [2.45, 2.75) is 75.5 Å². The van der Waals surface area contributed by atoms with E-state index in [9.17, 15) is 4.79 Å². The largest absolute Gasteiger partial charge is 0.359 e. The summed E-state index contributed by atoms with van der Waals surface area (Å²) < 4.78 is 7.28. The molecule has 2 bridgehead atoms. The van der Waals surface area contributed by atoms with Crippen molar-refractivity contribution in [3.05, 3.63) is 47.8 Å². The molecule has 2 saturated carbocycles. The highest BCUT2D eigenvalue weighted by Gasteiger charge is 2.67. The van der Waals surface area contributed by atoms with E-state index in [0.717, 1.165) is 50.6 Å². The van der Waals surface area contributed by atoms with Crippen LogP contribution in [0.2, 0.25) is 0 Å². The number of nitrogens with one attached hydrogen (secondary N) is 1. The van der Waals surface area contributed by atoms with Crippen molar-refractivity contribution in [3.8, 4) is 0 Å². The fourth-order valence-electron chi connectivity index (χ4n) is 7.92. The number of nitrogens with zero attached hydrogens (tertiary/aromatic N) is 2. The SMILES string of the molecule is CN(C)[C@@H]1CCC2=CC3=CC[C@]4(C)[C@@H](C(=O)Nc5cccnc5)CC[C@H]4[C@@]34CCC2(C1)O4. The fraction of sp³-hybridized carbons (Fsp3) is 0.630. The van der Waals surface area contributed by atoms with Gasteiger partial charge in [-0.1, -0.05) is 19.1 Å². The average Bonchev–Trinajstić information content (AvgIpc) is 3.29. The van der Waals surface area contributed by atoms with Gasteiger partial charge in [0, 0.05) is 18.2 Å². The molecule has 1 aromatic heterocycles. The monoisotopic (exact) mass is 433 g/mol. The van der Waals surface area contributed by atoms with Crippen LogP contribution in [0.25, 0.3) is 0 Å². The number of anilines is 1. The zero-order chi connectivity index (χ0) is 22.1. The lowest BCUT2D eigenvalue weighted by Gasteiger charge is -2.54. The summed E-state index contributed by atoms with van der Waals surface area (Å²) in [5, 5.41) is 3.14. The van der Waals surface area contributed by atoms with Crippen LogP contribution in [-0.4, -0.2) is 47.1 Å². The standard InChI is InChI=1S/C27H35N3O2/c1-25-11-10-19-15-18-6-7-21(30(2)3)16-26(18)12-13-27(19,32-26)23(25)9-8-22(25)24(31)29-20-5-4-14-28-17-20/h4-5,10,14-15,17,21-23H,6-9,11-13,16H2,1-3H3,(H,29,31)/t21-,22-,23-,25-,26?,27-/m1/s1. The Bertz CT molecular complexity index is 1000. The van der Waals surface area contributed by atoms with E-state index < -0.39 is 0 Å². The lowest BCUT2D eigenvalue weighted by Crippen LogP contribution is -2.55. The molecule has 6 atom stereocenters. The van der Waals surface area contributed by atoms with Gasteiger partial charge >= 0.3 is 0 Å². The fourth-order valence-corrected chi connectivity index (χ4v) is 7.92. The number of pyridine rings is 1. The van der Waals surface area contributed by atoms with Gasteiger partial charge in [-0.3, -0.25) is 9.78 Å². The lowest BCUT2D eigenvalue weighted by molar-refractivity contribution is -0.146. The first-order valence-corrected chi connectivity index (χ1v) is 12.4. The lowest BCUT2D eigenvalue weighted by atomic mass is 9.58. The van der Waals surface area contributed by atoms with E-state index in [1.165, 1.54) is 17.6 Å². The quantitative estimate of drug-likeness (QED) is 0.749. The van der Waals surface area contributed by atoms with E-state index in [4.69, 9.17) is 4.74 Å². The molecule has 1 amide bonds. The second-order valence-electron chi connectivity index (χ2n) is 11.3. The third kappa shape index (κ3) is 2.76. The van der Waals surface area contributed by atoms with E-state index in [1.54, 1.807) is 12.4 Å². The van der Waals surface area contributed by atoms with Gasteiger partial charge in [-0.25, -0.2) is 0 Å². The summed E-state index contributed by atoms with van der Waals surface area (Å²) in [4.78, 5) is 19.9. The molecule has 3 fully saturated rings. The van der Waals surface area contributed by atoms with E-state index in [0.29, 0.717) is 12.0 Å². The maximum Gasteiger partial charge on any atom is 0.228 e. The average molecular weight is 434 g/mol. The predicted molar refractivity (Wildman–Crippen MR) is 125 cm³/mol. The molecular formula is C27H35N3O2. The molecule has 0 aromatic carbocycles. The Morgan fingerprint density at radius 1 is 1.25 bits per heavy atom. The van der Waals surface area contributed by atoms with Crippen LogP contribution in [-0.2, 0) is 9.53 Å². The molecule has 170 valence electrons. The molecule has 1 saturated heterocycles. The summed E-state index contributed by atoms with van der Waals surface area (Å²) in [6.07, 6.45) is 17.1. The second kappa shape index (κ2) is 7.01. The Balaban J connectivity index is 1.31. The molecule has 32 heavy (non-hydrogen) atoms. The van der Waals surface area contributed by atoms with Gasteiger partial charge in [-0.15, -0.1) is 0 Å². The van der Waals surface area contributed by atoms with Crippen LogP contribution in [0.15, 0.2) is 47.8 Å². The minimum Gasteiger partial charge on any atom is -0.359 e. The number of fused-ring (bicyclic) bond motifs is 1. The molecule has 5 nitrogen and oxygen atoms in total. The summed E-state index contributed by atoms with van der Waals surface area (Å²) in [5.74, 6) is 0.546. The Morgan fingerprint density at radius 3 is 2.91 bits per heavy atom. The van der Waals surface area contributed by atoms with Crippen molar-refractivity contribution in [3.63, 3.8) is 0 Å². The van der Waals surface area contributed by atoms with Gasteiger partial charge < -0.3 is 15.0 Å². The van der Waals surface area contributed by atoms with Crippen LogP contribution in [0.4, 0.5) is 5.69 Å². The first-order chi connectivity index (χ1) is 15.4. The van der Waals surface area contributed by atoms with Crippen LogP contribution in [0.5, 0.6) is 0 Å². The van der Waals surface area contributed by atoms with Crippen LogP contribution >= 0.6 is 0 Å². The number of aromatic nitrogens is 1. The molecular weight excluding hydrogens is 398 g/mol. The molecule has 3 heterocycles. The molecule has 1 aromatic rings. The minimum absolute atomic E-state index is 0.00582. The summed E-state index contributed by atoms with van der Waals surface area (Å²) in [6.45, 7) is 2.34. The zero-order valence-electron chi connectivity index (χ0n) is 19.6. The normalized spacial score (nSPS) is 41.9. The van der Waals surface area contributed by atoms with Crippen LogP contribution in [0.3, 0.4) is 0 Å². The molecule has 0 radical (unpaired) electrons. The molecule has 5 heteroatoms. The molecule has 3 aliphatic carbocycles. The van der Waals surface area contributed by atoms with Gasteiger partial charge in [0.05, 0.1) is 23.1 Å². The topological polar surface area (TPSA) is 54.5 Å². The smallest absolute Gasteiger partial charge is 0.228 e.